The van der Waals surface area contributed by atoms with Crippen LogP contribution in [0.15, 0.2) is 36.4 Å². The van der Waals surface area contributed by atoms with Gasteiger partial charge in [-0.2, -0.15) is 0 Å². The van der Waals surface area contributed by atoms with Crippen molar-refractivity contribution in [1.82, 2.24) is 14.5 Å². The van der Waals surface area contributed by atoms with Crippen molar-refractivity contribution in [3.63, 3.8) is 0 Å². The van der Waals surface area contributed by atoms with Gasteiger partial charge >= 0.3 is 0 Å². The number of hydrogen-bond acceptors (Lipinski definition) is 2. The first kappa shape index (κ1) is 21.6. The predicted octanol–water partition coefficient (Wildman–Crippen LogP) is 6.19. The fourth-order valence-corrected chi connectivity index (χ4v) is 3.78. The molecule has 3 rings (SSSR count). The van der Waals surface area contributed by atoms with Crippen molar-refractivity contribution >= 4 is 40.1 Å². The molecule has 29 heavy (non-hydrogen) atoms. The smallest absolute Gasteiger partial charge is 0.255 e. The number of benzene rings is 2. The molecule has 154 valence electrons. The van der Waals surface area contributed by atoms with Gasteiger partial charge < -0.3 is 9.47 Å². The van der Waals surface area contributed by atoms with E-state index in [1.165, 1.54) is 12.1 Å². The highest BCUT2D eigenvalue weighted by atomic mass is 35.5. The van der Waals surface area contributed by atoms with Crippen molar-refractivity contribution < 1.29 is 9.18 Å². The zero-order chi connectivity index (χ0) is 21.1. The van der Waals surface area contributed by atoms with E-state index in [1.54, 1.807) is 29.2 Å². The monoisotopic (exact) mass is 435 g/mol. The van der Waals surface area contributed by atoms with Crippen LogP contribution in [0, 0.1) is 11.7 Å². The van der Waals surface area contributed by atoms with Crippen molar-refractivity contribution in [3.05, 3.63) is 63.6 Å². The number of carbonyl (C=O) groups excluding carboxylic acids is 1. The third kappa shape index (κ3) is 4.90. The summed E-state index contributed by atoms with van der Waals surface area (Å²) in [6, 6.07) is 9.46. The number of nitrogens with zero attached hydrogens (tertiary/aromatic N) is 3. The number of imidazole rings is 1. The largest absolute Gasteiger partial charge is 0.331 e. The second-order valence-electron chi connectivity index (χ2n) is 7.52. The number of fused-ring (bicyclic) bond motifs is 1. The Morgan fingerprint density at radius 1 is 1.21 bits per heavy atom. The van der Waals surface area contributed by atoms with Crippen molar-refractivity contribution in [2.75, 3.05) is 6.54 Å². The Morgan fingerprint density at radius 2 is 1.97 bits per heavy atom. The molecule has 0 bridgehead atoms. The highest BCUT2D eigenvalue weighted by Crippen LogP contribution is 2.25. The summed E-state index contributed by atoms with van der Waals surface area (Å²) in [6.45, 7) is 7.73. The average molecular weight is 436 g/mol. The molecule has 0 radical (unpaired) electrons. The van der Waals surface area contributed by atoms with E-state index in [9.17, 15) is 9.18 Å². The minimum atomic E-state index is -0.328. The Hall–Kier alpha value is -2.11. The van der Waals surface area contributed by atoms with Gasteiger partial charge in [-0.15, -0.1) is 0 Å². The molecule has 0 N–H and O–H groups in total. The zero-order valence-electron chi connectivity index (χ0n) is 16.8. The van der Waals surface area contributed by atoms with Gasteiger partial charge in [-0.25, -0.2) is 9.37 Å². The molecule has 1 amide bonds. The van der Waals surface area contributed by atoms with Crippen LogP contribution < -0.4 is 0 Å². The summed E-state index contributed by atoms with van der Waals surface area (Å²) >= 11 is 12.4. The third-order valence-corrected chi connectivity index (χ3v) is 5.17. The van der Waals surface area contributed by atoms with Gasteiger partial charge in [0.05, 0.1) is 28.2 Å². The summed E-state index contributed by atoms with van der Waals surface area (Å²) in [4.78, 5) is 19.6. The van der Waals surface area contributed by atoms with Gasteiger partial charge in [-0.05, 0) is 42.7 Å². The Labute approximate surface area is 180 Å². The van der Waals surface area contributed by atoms with Crippen molar-refractivity contribution in [2.45, 2.75) is 40.3 Å². The molecule has 0 aliphatic rings. The minimum Gasteiger partial charge on any atom is -0.331 e. The highest BCUT2D eigenvalue weighted by Gasteiger charge is 2.23. The van der Waals surface area contributed by atoms with Gasteiger partial charge in [0.25, 0.3) is 5.91 Å². The van der Waals surface area contributed by atoms with Gasteiger partial charge in [0.1, 0.15) is 11.6 Å². The Balaban J connectivity index is 2.01. The SMILES string of the molecule is CCCn1c(CN(CC(C)C)C(=O)c2cc(Cl)ccc2Cl)nc2cc(F)ccc21. The number of amides is 1. The molecule has 7 heteroatoms. The number of aromatic nitrogens is 2. The Kier molecular flexibility index (Phi) is 6.81. The van der Waals surface area contributed by atoms with Crippen LogP contribution in [0.25, 0.3) is 11.0 Å². The number of aryl methyl sites for hydroxylation is 1. The molecule has 0 aliphatic carbocycles. The molecular formula is C22H24Cl2FN3O. The van der Waals surface area contributed by atoms with Crippen LogP contribution in [0.1, 0.15) is 43.4 Å². The molecule has 3 aromatic rings. The molecule has 4 nitrogen and oxygen atoms in total. The molecule has 2 aromatic carbocycles. The standard InChI is InChI=1S/C22H24Cl2FN3O/c1-4-9-28-20-8-6-16(25)11-19(20)26-21(28)13-27(12-14(2)3)22(29)17-10-15(23)5-7-18(17)24/h5-8,10-11,14H,4,9,12-13H2,1-3H3. The second-order valence-corrected chi connectivity index (χ2v) is 8.36. The van der Waals surface area contributed by atoms with E-state index < -0.39 is 0 Å². The molecule has 0 fully saturated rings. The number of halogens is 3. The van der Waals surface area contributed by atoms with E-state index in [2.05, 4.69) is 16.5 Å². The van der Waals surface area contributed by atoms with Gasteiger partial charge in [0.2, 0.25) is 0 Å². The van der Waals surface area contributed by atoms with Crippen LogP contribution in [0.5, 0.6) is 0 Å². The number of hydrogen-bond donors (Lipinski definition) is 0. The minimum absolute atomic E-state index is 0.201. The summed E-state index contributed by atoms with van der Waals surface area (Å²) in [6.07, 6.45) is 0.897. The van der Waals surface area contributed by atoms with Crippen LogP contribution >= 0.6 is 23.2 Å². The first-order valence-corrected chi connectivity index (χ1v) is 10.4. The molecular weight excluding hydrogens is 412 g/mol. The summed E-state index contributed by atoms with van der Waals surface area (Å²) in [5.41, 5.74) is 1.82. The quantitative estimate of drug-likeness (QED) is 0.443. The molecule has 0 saturated heterocycles. The van der Waals surface area contributed by atoms with E-state index in [0.29, 0.717) is 34.2 Å². The number of rotatable bonds is 7. The molecule has 1 aromatic heterocycles. The van der Waals surface area contributed by atoms with Crippen molar-refractivity contribution in [1.29, 1.82) is 0 Å². The summed E-state index contributed by atoms with van der Waals surface area (Å²) < 4.78 is 15.7. The van der Waals surface area contributed by atoms with Crippen LogP contribution in [0.2, 0.25) is 10.0 Å². The molecule has 0 unspecified atom stereocenters. The number of carbonyl (C=O) groups is 1. The second kappa shape index (κ2) is 9.14. The lowest BCUT2D eigenvalue weighted by Gasteiger charge is -2.25. The normalized spacial score (nSPS) is 11.4. The first-order valence-electron chi connectivity index (χ1n) is 9.69. The Morgan fingerprint density at radius 3 is 2.66 bits per heavy atom. The van der Waals surface area contributed by atoms with Crippen molar-refractivity contribution in [2.24, 2.45) is 5.92 Å². The van der Waals surface area contributed by atoms with Gasteiger partial charge in [0, 0.05) is 24.2 Å². The summed E-state index contributed by atoms with van der Waals surface area (Å²) in [5, 5.41) is 0.813. The highest BCUT2D eigenvalue weighted by molar-refractivity contribution is 6.35. The van der Waals surface area contributed by atoms with Gasteiger partial charge in [-0.3, -0.25) is 4.79 Å². The maximum absolute atomic E-state index is 13.7. The molecule has 0 aliphatic heterocycles. The molecule has 0 atom stereocenters. The molecule has 0 saturated carbocycles. The fraction of sp³-hybridized carbons (Fsp3) is 0.364. The zero-order valence-corrected chi connectivity index (χ0v) is 18.3. The van der Waals surface area contributed by atoms with Crippen LogP contribution in [-0.4, -0.2) is 26.9 Å². The average Bonchev–Trinajstić information content (AvgIpc) is 2.99. The summed E-state index contributed by atoms with van der Waals surface area (Å²) in [5.74, 6) is 0.441. The predicted molar refractivity (Wildman–Crippen MR) is 116 cm³/mol. The van der Waals surface area contributed by atoms with Crippen LogP contribution in [0.4, 0.5) is 4.39 Å². The van der Waals surface area contributed by atoms with Gasteiger partial charge in [0.15, 0.2) is 0 Å². The van der Waals surface area contributed by atoms with E-state index >= 15 is 0 Å². The van der Waals surface area contributed by atoms with E-state index in [4.69, 9.17) is 23.2 Å². The lowest BCUT2D eigenvalue weighted by Crippen LogP contribution is -2.35. The van der Waals surface area contributed by atoms with E-state index in [0.717, 1.165) is 24.3 Å². The Bertz CT molecular complexity index is 1030. The summed E-state index contributed by atoms with van der Waals surface area (Å²) in [7, 11) is 0. The van der Waals surface area contributed by atoms with Crippen LogP contribution in [0.3, 0.4) is 0 Å². The topological polar surface area (TPSA) is 38.1 Å². The van der Waals surface area contributed by atoms with Gasteiger partial charge in [-0.1, -0.05) is 44.0 Å². The maximum Gasteiger partial charge on any atom is 0.255 e. The molecule has 0 spiro atoms. The lowest BCUT2D eigenvalue weighted by atomic mass is 10.1. The van der Waals surface area contributed by atoms with Crippen molar-refractivity contribution in [3.8, 4) is 0 Å². The molecule has 1 heterocycles. The van der Waals surface area contributed by atoms with E-state index in [-0.39, 0.29) is 17.6 Å². The van der Waals surface area contributed by atoms with E-state index in [1.807, 2.05) is 13.8 Å². The third-order valence-electron chi connectivity index (χ3n) is 4.60. The lowest BCUT2D eigenvalue weighted by molar-refractivity contribution is 0.0716. The van der Waals surface area contributed by atoms with Crippen LogP contribution in [-0.2, 0) is 13.1 Å². The maximum atomic E-state index is 13.7. The first-order chi connectivity index (χ1) is 13.8. The fourth-order valence-electron chi connectivity index (χ4n) is 3.41.